The second-order valence-electron chi connectivity index (χ2n) is 7.56. The smallest absolute Gasteiger partial charge is 0.493 e. The molecule has 1 aliphatic rings. The molecule has 0 unspecified atom stereocenters. The molecule has 2 amide bonds. The topological polar surface area (TPSA) is 92.8 Å². The van der Waals surface area contributed by atoms with Crippen LogP contribution in [0.2, 0.25) is 0 Å². The Balaban J connectivity index is 1.65. The Morgan fingerprint density at radius 3 is 2.49 bits per heavy atom. The van der Waals surface area contributed by atoms with Gasteiger partial charge in [-0.25, -0.2) is 8.42 Å². The van der Waals surface area contributed by atoms with Crippen LogP contribution in [-0.4, -0.2) is 32.3 Å². The third-order valence-electron chi connectivity index (χ3n) is 5.36. The molecule has 0 aromatic heterocycles. The summed E-state index contributed by atoms with van der Waals surface area (Å²) in [6.45, 7) is 2.12. The molecule has 3 aromatic rings. The first-order chi connectivity index (χ1) is 16.5. The summed E-state index contributed by atoms with van der Waals surface area (Å²) in [6.07, 6.45) is 0. The van der Waals surface area contributed by atoms with E-state index in [-0.39, 0.29) is 29.0 Å². The molecule has 0 bridgehead atoms. The van der Waals surface area contributed by atoms with Crippen molar-refractivity contribution in [2.24, 2.45) is 0 Å². The third kappa shape index (κ3) is 4.46. The fourth-order valence-electron chi connectivity index (χ4n) is 3.75. The molecule has 1 heterocycles. The highest BCUT2D eigenvalue weighted by Crippen LogP contribution is 2.36. The van der Waals surface area contributed by atoms with Crippen molar-refractivity contribution in [1.82, 2.24) is 0 Å². The van der Waals surface area contributed by atoms with E-state index in [2.05, 4.69) is 5.32 Å². The summed E-state index contributed by atoms with van der Waals surface area (Å²) in [4.78, 5) is 26.4. The lowest BCUT2D eigenvalue weighted by molar-refractivity contribution is -0.0436. The average Bonchev–Trinajstić information content (AvgIpc) is 3.16. The van der Waals surface area contributed by atoms with E-state index in [1.807, 2.05) is 0 Å². The van der Waals surface area contributed by atoms with Crippen LogP contribution < -0.4 is 15.0 Å². The van der Waals surface area contributed by atoms with Gasteiger partial charge in [-0.15, -0.1) is 0 Å². The van der Waals surface area contributed by atoms with Crippen molar-refractivity contribution in [3.63, 3.8) is 0 Å². The number of alkyl halides is 3. The van der Waals surface area contributed by atoms with Crippen LogP contribution in [0.15, 0.2) is 71.6 Å². The van der Waals surface area contributed by atoms with Gasteiger partial charge in [-0.2, -0.15) is 13.2 Å². The highest BCUT2D eigenvalue weighted by atomic mass is 32.2. The van der Waals surface area contributed by atoms with Crippen LogP contribution in [-0.2, 0) is 16.4 Å². The van der Waals surface area contributed by atoms with Crippen molar-refractivity contribution in [3.05, 3.63) is 83.4 Å². The van der Waals surface area contributed by atoms with Gasteiger partial charge in [0, 0.05) is 5.69 Å². The van der Waals surface area contributed by atoms with E-state index < -0.39 is 32.1 Å². The number of hydrogen-bond acceptors (Lipinski definition) is 5. The molecule has 0 spiro atoms. The van der Waals surface area contributed by atoms with Gasteiger partial charge >= 0.3 is 5.51 Å². The molecular weight excluding hydrogens is 485 g/mol. The Kier molecular flexibility index (Phi) is 6.28. The first-order valence-corrected chi connectivity index (χ1v) is 11.9. The Bertz CT molecular complexity index is 1420. The minimum absolute atomic E-state index is 0.0110. The van der Waals surface area contributed by atoms with Crippen molar-refractivity contribution in [2.75, 3.05) is 16.8 Å². The van der Waals surface area contributed by atoms with Crippen molar-refractivity contribution in [1.29, 1.82) is 0 Å². The number of para-hydroxylation sites is 1. The summed E-state index contributed by atoms with van der Waals surface area (Å²) >= 11 is 0. The number of benzene rings is 3. The lowest BCUT2D eigenvalue weighted by atomic mass is 10.1. The van der Waals surface area contributed by atoms with E-state index in [1.165, 1.54) is 12.1 Å². The molecule has 7 nitrogen and oxygen atoms in total. The summed E-state index contributed by atoms with van der Waals surface area (Å²) in [5, 5.41) is 2.70. The highest BCUT2D eigenvalue weighted by molar-refractivity contribution is 7.92. The Hall–Kier alpha value is -3.86. The third-order valence-corrected chi connectivity index (χ3v) is 6.85. The molecule has 0 radical (unpaired) electrons. The molecule has 1 N–H and O–H groups in total. The van der Waals surface area contributed by atoms with Crippen LogP contribution in [0.3, 0.4) is 0 Å². The lowest BCUT2D eigenvalue weighted by Gasteiger charge is -2.17. The quantitative estimate of drug-likeness (QED) is 0.521. The Labute approximate surface area is 199 Å². The van der Waals surface area contributed by atoms with Gasteiger partial charge < -0.3 is 15.0 Å². The number of ether oxygens (including phenoxy) is 1. The standard InChI is InChI=1S/C24H19F3N2O5S/c1-2-34-20-12-4-3-10-18(20)22(30)28-19-11-5-7-15-14-29(23(31)21(15)19)16-8-6-9-17(13-16)35(32,33)24(25,26)27/h3-13H,2,14H2,1H3,(H,28,30). The number of carbonyl (C=O) groups is 2. The van der Waals surface area contributed by atoms with Gasteiger partial charge in [0.1, 0.15) is 5.75 Å². The lowest BCUT2D eigenvalue weighted by Crippen LogP contribution is -2.26. The summed E-state index contributed by atoms with van der Waals surface area (Å²) in [6, 6.07) is 15.5. The molecular formula is C24H19F3N2O5S. The molecule has 0 saturated heterocycles. The molecule has 3 aromatic carbocycles. The SMILES string of the molecule is CCOc1ccccc1C(=O)Nc1cccc2c1C(=O)N(c1cccc(S(=O)(=O)C(F)(F)F)c1)C2. The van der Waals surface area contributed by atoms with Gasteiger partial charge in [0.25, 0.3) is 21.7 Å². The summed E-state index contributed by atoms with van der Waals surface area (Å²) in [5.74, 6) is -0.724. The molecule has 0 fully saturated rings. The van der Waals surface area contributed by atoms with Crippen molar-refractivity contribution >= 4 is 33.0 Å². The number of hydrogen-bond donors (Lipinski definition) is 1. The maximum absolute atomic E-state index is 13.2. The number of sulfone groups is 1. The van der Waals surface area contributed by atoms with Crippen LogP contribution in [0.5, 0.6) is 5.75 Å². The van der Waals surface area contributed by atoms with Crippen LogP contribution in [0.1, 0.15) is 33.2 Å². The van der Waals surface area contributed by atoms with Crippen LogP contribution in [0.4, 0.5) is 24.5 Å². The van der Waals surface area contributed by atoms with Crippen LogP contribution >= 0.6 is 0 Å². The minimum atomic E-state index is -5.58. The van der Waals surface area contributed by atoms with E-state index >= 15 is 0 Å². The van der Waals surface area contributed by atoms with Gasteiger partial charge in [-0.1, -0.05) is 30.3 Å². The van der Waals surface area contributed by atoms with E-state index in [0.29, 0.717) is 17.9 Å². The Morgan fingerprint density at radius 1 is 1.06 bits per heavy atom. The molecule has 0 saturated carbocycles. The predicted octanol–water partition coefficient (Wildman–Crippen LogP) is 4.79. The number of halogens is 3. The number of anilines is 2. The maximum atomic E-state index is 13.2. The Morgan fingerprint density at radius 2 is 1.77 bits per heavy atom. The van der Waals surface area contributed by atoms with Gasteiger partial charge in [-0.05, 0) is 48.9 Å². The number of nitrogens with zero attached hydrogens (tertiary/aromatic N) is 1. The summed E-state index contributed by atoms with van der Waals surface area (Å²) in [7, 11) is -5.58. The van der Waals surface area contributed by atoms with Gasteiger partial charge in [0.05, 0.1) is 34.9 Å². The molecule has 0 atom stereocenters. The number of amides is 2. The zero-order valence-corrected chi connectivity index (χ0v) is 19.1. The van der Waals surface area contributed by atoms with Gasteiger partial charge in [0.15, 0.2) is 0 Å². The summed E-state index contributed by atoms with van der Waals surface area (Å²) in [5.41, 5.74) is -4.33. The van der Waals surface area contributed by atoms with E-state index in [1.54, 1.807) is 43.3 Å². The van der Waals surface area contributed by atoms with Crippen molar-refractivity contribution in [2.45, 2.75) is 23.9 Å². The fourth-order valence-corrected chi connectivity index (χ4v) is 4.55. The van der Waals surface area contributed by atoms with E-state index in [4.69, 9.17) is 4.74 Å². The fraction of sp³-hybridized carbons (Fsp3) is 0.167. The highest BCUT2D eigenvalue weighted by Gasteiger charge is 2.47. The molecule has 0 aliphatic carbocycles. The number of carbonyl (C=O) groups excluding carboxylic acids is 2. The largest absolute Gasteiger partial charge is 0.501 e. The molecule has 4 rings (SSSR count). The van der Waals surface area contributed by atoms with Gasteiger partial charge in [0.2, 0.25) is 0 Å². The van der Waals surface area contributed by atoms with E-state index in [9.17, 15) is 31.2 Å². The van der Waals surface area contributed by atoms with E-state index in [0.717, 1.165) is 23.1 Å². The normalized spacial score (nSPS) is 13.5. The van der Waals surface area contributed by atoms with Crippen molar-refractivity contribution in [3.8, 4) is 5.75 Å². The first-order valence-electron chi connectivity index (χ1n) is 10.4. The maximum Gasteiger partial charge on any atom is 0.501 e. The number of nitrogens with one attached hydrogen (secondary N) is 1. The minimum Gasteiger partial charge on any atom is -0.493 e. The first kappa shape index (κ1) is 24.3. The second kappa shape index (κ2) is 9.06. The van der Waals surface area contributed by atoms with Gasteiger partial charge in [-0.3, -0.25) is 9.59 Å². The zero-order valence-electron chi connectivity index (χ0n) is 18.3. The molecule has 11 heteroatoms. The summed E-state index contributed by atoms with van der Waals surface area (Å²) < 4.78 is 68.1. The zero-order chi connectivity index (χ0) is 25.4. The number of fused-ring (bicyclic) bond motifs is 1. The monoisotopic (exact) mass is 504 g/mol. The van der Waals surface area contributed by atoms with Crippen LogP contribution in [0.25, 0.3) is 0 Å². The van der Waals surface area contributed by atoms with Crippen molar-refractivity contribution < 1.29 is 35.9 Å². The number of rotatable bonds is 6. The molecule has 182 valence electrons. The van der Waals surface area contributed by atoms with Crippen LogP contribution in [0, 0.1) is 0 Å². The molecule has 1 aliphatic heterocycles. The molecule has 35 heavy (non-hydrogen) atoms. The second-order valence-corrected chi connectivity index (χ2v) is 9.50. The average molecular weight is 504 g/mol. The predicted molar refractivity (Wildman–Crippen MR) is 122 cm³/mol.